The number of nitrogens with one attached hydrogen (secondary N) is 1. The van der Waals surface area contributed by atoms with Gasteiger partial charge in [0, 0.05) is 11.6 Å². The van der Waals surface area contributed by atoms with Crippen LogP contribution in [0.5, 0.6) is 0 Å². The van der Waals surface area contributed by atoms with E-state index < -0.39 is 0 Å². The predicted molar refractivity (Wildman–Crippen MR) is 74.7 cm³/mol. The van der Waals surface area contributed by atoms with Crippen molar-refractivity contribution in [2.75, 3.05) is 6.61 Å². The highest BCUT2D eigenvalue weighted by molar-refractivity contribution is 5.96. The third-order valence-electron chi connectivity index (χ3n) is 3.24. The summed E-state index contributed by atoms with van der Waals surface area (Å²) in [6, 6.07) is 7.42. The van der Waals surface area contributed by atoms with E-state index in [9.17, 15) is 4.79 Å². The minimum atomic E-state index is -0.200. The zero-order valence-electron chi connectivity index (χ0n) is 11.1. The highest BCUT2D eigenvalue weighted by Crippen LogP contribution is 2.33. The van der Waals surface area contributed by atoms with E-state index >= 15 is 0 Å². The van der Waals surface area contributed by atoms with Gasteiger partial charge >= 0.3 is 0 Å². The van der Waals surface area contributed by atoms with Gasteiger partial charge in [-0.1, -0.05) is 36.8 Å². The maximum absolute atomic E-state index is 12.2. The summed E-state index contributed by atoms with van der Waals surface area (Å²) in [6.45, 7) is 1.84. The van der Waals surface area contributed by atoms with Crippen molar-refractivity contribution in [3.8, 4) is 11.8 Å². The lowest BCUT2D eigenvalue weighted by molar-refractivity contribution is 0.0937. The van der Waals surface area contributed by atoms with Crippen LogP contribution in [0.15, 0.2) is 24.3 Å². The van der Waals surface area contributed by atoms with Crippen LogP contribution in [0.4, 0.5) is 0 Å². The molecule has 1 saturated carbocycles. The smallest absolute Gasteiger partial charge is 0.252 e. The van der Waals surface area contributed by atoms with Gasteiger partial charge in [-0.05, 0) is 31.4 Å². The Morgan fingerprint density at radius 2 is 2.21 bits per heavy atom. The van der Waals surface area contributed by atoms with Crippen molar-refractivity contribution in [3.63, 3.8) is 0 Å². The summed E-state index contributed by atoms with van der Waals surface area (Å²) in [6.07, 6.45) is 3.63. The van der Waals surface area contributed by atoms with Crippen molar-refractivity contribution >= 4 is 5.91 Å². The Morgan fingerprint density at radius 1 is 1.47 bits per heavy atom. The Morgan fingerprint density at radius 3 is 2.89 bits per heavy atom. The van der Waals surface area contributed by atoms with Gasteiger partial charge in [0.25, 0.3) is 5.91 Å². The van der Waals surface area contributed by atoms with Crippen LogP contribution in [-0.2, 0) is 0 Å². The summed E-state index contributed by atoms with van der Waals surface area (Å²) < 4.78 is 0. The van der Waals surface area contributed by atoms with Gasteiger partial charge in [-0.25, -0.2) is 0 Å². The largest absolute Gasteiger partial charge is 0.384 e. The molecule has 1 aliphatic carbocycles. The standard InChI is InChI=1S/C16H19NO2/c1-12(11-13-8-9-13)17-16(19)15-7-3-2-5-14(15)6-4-10-18/h2-3,5,7,12-13,18H,8-11H2,1H3,(H,17,19). The van der Waals surface area contributed by atoms with Crippen molar-refractivity contribution < 1.29 is 9.90 Å². The molecule has 1 aliphatic rings. The first kappa shape index (κ1) is 13.6. The molecule has 0 saturated heterocycles. The molecule has 0 aliphatic heterocycles. The molecule has 2 rings (SSSR count). The van der Waals surface area contributed by atoms with E-state index in [1.807, 2.05) is 19.1 Å². The van der Waals surface area contributed by atoms with E-state index in [1.54, 1.807) is 12.1 Å². The van der Waals surface area contributed by atoms with Crippen LogP contribution in [0.25, 0.3) is 0 Å². The maximum atomic E-state index is 12.2. The molecule has 0 spiro atoms. The van der Waals surface area contributed by atoms with Crippen LogP contribution in [-0.4, -0.2) is 23.7 Å². The first-order chi connectivity index (χ1) is 9.20. The Balaban J connectivity index is 2.04. The fraction of sp³-hybridized carbons (Fsp3) is 0.438. The third-order valence-corrected chi connectivity index (χ3v) is 3.24. The van der Waals surface area contributed by atoms with Gasteiger partial charge in [-0.2, -0.15) is 0 Å². The molecule has 0 bridgehead atoms. The summed E-state index contributed by atoms with van der Waals surface area (Å²) in [4.78, 5) is 12.2. The Bertz CT molecular complexity index is 509. The zero-order valence-corrected chi connectivity index (χ0v) is 11.1. The van der Waals surface area contributed by atoms with Crippen molar-refractivity contribution in [2.45, 2.75) is 32.2 Å². The van der Waals surface area contributed by atoms with Crippen LogP contribution in [0.3, 0.4) is 0 Å². The first-order valence-electron chi connectivity index (χ1n) is 6.70. The van der Waals surface area contributed by atoms with E-state index in [-0.39, 0.29) is 18.6 Å². The van der Waals surface area contributed by atoms with E-state index in [0.717, 1.165) is 12.3 Å². The van der Waals surface area contributed by atoms with Crippen LogP contribution < -0.4 is 5.32 Å². The number of hydrogen-bond acceptors (Lipinski definition) is 2. The summed E-state index contributed by atoms with van der Waals surface area (Å²) >= 11 is 0. The normalized spacial score (nSPS) is 15.3. The van der Waals surface area contributed by atoms with Gasteiger partial charge in [0.2, 0.25) is 0 Å². The molecule has 1 atom stereocenters. The molecular formula is C16H19NO2. The molecule has 1 aromatic carbocycles. The molecule has 0 heterocycles. The monoisotopic (exact) mass is 257 g/mol. The number of carbonyl (C=O) groups is 1. The quantitative estimate of drug-likeness (QED) is 0.810. The van der Waals surface area contributed by atoms with Crippen molar-refractivity contribution in [2.24, 2.45) is 5.92 Å². The highest BCUT2D eigenvalue weighted by atomic mass is 16.2. The number of aliphatic hydroxyl groups is 1. The second-order valence-corrected chi connectivity index (χ2v) is 5.06. The van der Waals surface area contributed by atoms with E-state index in [4.69, 9.17) is 5.11 Å². The molecule has 1 aromatic rings. The van der Waals surface area contributed by atoms with Gasteiger partial charge in [0.05, 0.1) is 5.56 Å². The molecule has 3 nitrogen and oxygen atoms in total. The van der Waals surface area contributed by atoms with Crippen LogP contribution >= 0.6 is 0 Å². The second-order valence-electron chi connectivity index (χ2n) is 5.06. The number of hydrogen-bond donors (Lipinski definition) is 2. The molecule has 2 N–H and O–H groups in total. The minimum absolute atomic E-state index is 0.0870. The fourth-order valence-electron chi connectivity index (χ4n) is 2.14. The molecule has 1 fully saturated rings. The van der Waals surface area contributed by atoms with Gasteiger partial charge in [-0.15, -0.1) is 0 Å². The number of rotatable bonds is 4. The van der Waals surface area contributed by atoms with E-state index in [1.165, 1.54) is 12.8 Å². The Hall–Kier alpha value is -1.79. The molecule has 19 heavy (non-hydrogen) atoms. The Kier molecular flexibility index (Phi) is 4.59. The first-order valence-corrected chi connectivity index (χ1v) is 6.70. The predicted octanol–water partition coefficient (Wildman–Crippen LogP) is 1.95. The number of benzene rings is 1. The average molecular weight is 257 g/mol. The van der Waals surface area contributed by atoms with Gasteiger partial charge in [0.15, 0.2) is 0 Å². The molecular weight excluding hydrogens is 238 g/mol. The van der Waals surface area contributed by atoms with Crippen LogP contribution in [0, 0.1) is 17.8 Å². The lowest BCUT2D eigenvalue weighted by Crippen LogP contribution is -2.33. The summed E-state index contributed by atoms with van der Waals surface area (Å²) in [5, 5.41) is 11.7. The summed E-state index contributed by atoms with van der Waals surface area (Å²) in [5.41, 5.74) is 1.23. The van der Waals surface area contributed by atoms with E-state index in [0.29, 0.717) is 11.1 Å². The maximum Gasteiger partial charge on any atom is 0.252 e. The molecule has 3 heteroatoms. The lowest BCUT2D eigenvalue weighted by Gasteiger charge is -2.14. The number of amides is 1. The molecule has 1 amide bonds. The fourth-order valence-corrected chi connectivity index (χ4v) is 2.14. The topological polar surface area (TPSA) is 49.3 Å². The number of aliphatic hydroxyl groups excluding tert-OH is 1. The second kappa shape index (κ2) is 6.40. The van der Waals surface area contributed by atoms with Gasteiger partial charge in [-0.3, -0.25) is 4.79 Å². The number of carbonyl (C=O) groups excluding carboxylic acids is 1. The van der Waals surface area contributed by atoms with Crippen molar-refractivity contribution in [1.29, 1.82) is 0 Å². The molecule has 0 radical (unpaired) electrons. The molecule has 100 valence electrons. The minimum Gasteiger partial charge on any atom is -0.384 e. The summed E-state index contributed by atoms with van der Waals surface area (Å²) in [7, 11) is 0. The Labute approximate surface area is 114 Å². The van der Waals surface area contributed by atoms with Crippen molar-refractivity contribution in [3.05, 3.63) is 35.4 Å². The SMILES string of the molecule is CC(CC1CC1)NC(=O)c1ccccc1C#CCO. The van der Waals surface area contributed by atoms with Crippen LogP contribution in [0.2, 0.25) is 0 Å². The highest BCUT2D eigenvalue weighted by Gasteiger charge is 2.24. The molecule has 0 aromatic heterocycles. The lowest BCUT2D eigenvalue weighted by atomic mass is 10.1. The van der Waals surface area contributed by atoms with Gasteiger partial charge < -0.3 is 10.4 Å². The third kappa shape index (κ3) is 4.11. The summed E-state index contributed by atoms with van der Waals surface area (Å²) in [5.74, 6) is 6.09. The van der Waals surface area contributed by atoms with Crippen molar-refractivity contribution in [1.82, 2.24) is 5.32 Å². The molecule has 1 unspecified atom stereocenters. The van der Waals surface area contributed by atoms with E-state index in [2.05, 4.69) is 17.2 Å². The van der Waals surface area contributed by atoms with Gasteiger partial charge in [0.1, 0.15) is 6.61 Å². The average Bonchev–Trinajstić information content (AvgIpc) is 3.20. The van der Waals surface area contributed by atoms with Crippen LogP contribution in [0.1, 0.15) is 42.1 Å². The zero-order chi connectivity index (χ0) is 13.7.